The normalized spacial score (nSPS) is 42.5. The Morgan fingerprint density at radius 1 is 1.36 bits per heavy atom. The zero-order valence-electron chi connectivity index (χ0n) is 7.16. The summed E-state index contributed by atoms with van der Waals surface area (Å²) in [6.07, 6.45) is 1.27. The summed E-state index contributed by atoms with van der Waals surface area (Å²) in [5.41, 5.74) is 0. The molecule has 1 aliphatic heterocycles. The number of nitrogens with zero attached hydrogens (tertiary/aromatic N) is 1. The van der Waals surface area contributed by atoms with Crippen LogP contribution in [0.4, 0.5) is 0 Å². The lowest BCUT2D eigenvalue weighted by atomic mass is 10.3. The second-order valence-electron chi connectivity index (χ2n) is 3.93. The van der Waals surface area contributed by atoms with Crippen molar-refractivity contribution < 1.29 is 5.11 Å². The number of piperidine rings is 1. The molecule has 0 radical (unpaired) electrons. The van der Waals surface area contributed by atoms with E-state index >= 15 is 0 Å². The first-order valence-electron chi connectivity index (χ1n) is 4.70. The van der Waals surface area contributed by atoms with Crippen LogP contribution in [0, 0.1) is 17.8 Å². The van der Waals surface area contributed by atoms with Gasteiger partial charge in [-0.25, -0.2) is 0 Å². The van der Waals surface area contributed by atoms with Gasteiger partial charge in [-0.2, -0.15) is 0 Å². The molecule has 0 aromatic rings. The molecule has 0 aromatic heterocycles. The Kier molecular flexibility index (Phi) is 1.90. The van der Waals surface area contributed by atoms with Crippen LogP contribution in [0.2, 0.25) is 0 Å². The highest BCUT2D eigenvalue weighted by Crippen LogP contribution is 2.51. The lowest BCUT2D eigenvalue weighted by Crippen LogP contribution is -2.25. The third-order valence-electron chi connectivity index (χ3n) is 3.20. The van der Waals surface area contributed by atoms with E-state index in [1.807, 2.05) is 0 Å². The third kappa shape index (κ3) is 1.18. The Bertz CT molecular complexity index is 136. The molecule has 0 aromatic carbocycles. The van der Waals surface area contributed by atoms with Crippen molar-refractivity contribution in [3.05, 3.63) is 0 Å². The van der Waals surface area contributed by atoms with E-state index < -0.39 is 0 Å². The fourth-order valence-corrected chi connectivity index (χ4v) is 2.51. The van der Waals surface area contributed by atoms with Gasteiger partial charge in [0.2, 0.25) is 0 Å². The first-order valence-corrected chi connectivity index (χ1v) is 4.70. The van der Waals surface area contributed by atoms with Gasteiger partial charge in [-0.05, 0) is 30.7 Å². The summed E-state index contributed by atoms with van der Waals surface area (Å²) in [5, 5.41) is 8.91. The molecule has 1 N–H and O–H groups in total. The average molecular weight is 155 g/mol. The number of fused-ring (bicyclic) bond motifs is 1. The zero-order chi connectivity index (χ0) is 7.84. The monoisotopic (exact) mass is 155 g/mol. The molecule has 0 spiro atoms. The molecule has 2 nitrogen and oxygen atoms in total. The summed E-state index contributed by atoms with van der Waals surface area (Å²) < 4.78 is 0. The lowest BCUT2D eigenvalue weighted by molar-refractivity contribution is 0.221. The number of aliphatic hydroxyl groups excluding tert-OH is 1. The Hall–Kier alpha value is -0.0800. The molecule has 0 amide bonds. The maximum Gasteiger partial charge on any atom is 0.0465 e. The van der Waals surface area contributed by atoms with Crippen LogP contribution in [-0.4, -0.2) is 36.2 Å². The molecular formula is C9H17NO. The van der Waals surface area contributed by atoms with Gasteiger partial charge in [-0.15, -0.1) is 0 Å². The first-order chi connectivity index (χ1) is 5.36. The van der Waals surface area contributed by atoms with Crippen molar-refractivity contribution in [3.8, 4) is 0 Å². The highest BCUT2D eigenvalue weighted by Gasteiger charge is 2.54. The van der Waals surface area contributed by atoms with Gasteiger partial charge in [0.05, 0.1) is 0 Å². The van der Waals surface area contributed by atoms with Crippen molar-refractivity contribution in [1.29, 1.82) is 0 Å². The molecule has 2 aliphatic rings. The van der Waals surface area contributed by atoms with E-state index in [4.69, 9.17) is 5.11 Å². The molecule has 2 fully saturated rings. The number of hydrogen-bond donors (Lipinski definition) is 1. The van der Waals surface area contributed by atoms with Gasteiger partial charge >= 0.3 is 0 Å². The van der Waals surface area contributed by atoms with Gasteiger partial charge in [-0.1, -0.05) is 6.92 Å². The Morgan fingerprint density at radius 3 is 2.45 bits per heavy atom. The van der Waals surface area contributed by atoms with Crippen LogP contribution >= 0.6 is 0 Å². The van der Waals surface area contributed by atoms with E-state index in [1.165, 1.54) is 26.1 Å². The van der Waals surface area contributed by atoms with Crippen LogP contribution < -0.4 is 0 Å². The lowest BCUT2D eigenvalue weighted by Gasteiger charge is -2.17. The standard InChI is InChI=1S/C9H17NO/c1-2-3-10-4-7-8(5-10)9(7)6-11/h7-9,11H,2-6H2,1H3. The summed E-state index contributed by atoms with van der Waals surface area (Å²) in [5.74, 6) is 2.38. The van der Waals surface area contributed by atoms with Gasteiger partial charge in [0.25, 0.3) is 0 Å². The molecule has 2 rings (SSSR count). The topological polar surface area (TPSA) is 23.5 Å². The Labute approximate surface area is 68.2 Å². The van der Waals surface area contributed by atoms with Crippen LogP contribution in [0.25, 0.3) is 0 Å². The van der Waals surface area contributed by atoms with Gasteiger partial charge < -0.3 is 10.0 Å². The third-order valence-corrected chi connectivity index (χ3v) is 3.20. The number of likely N-dealkylation sites (tertiary alicyclic amines) is 1. The summed E-state index contributed by atoms with van der Waals surface area (Å²) in [4.78, 5) is 2.53. The summed E-state index contributed by atoms with van der Waals surface area (Å²) >= 11 is 0. The van der Waals surface area contributed by atoms with Gasteiger partial charge in [-0.3, -0.25) is 0 Å². The molecule has 1 aliphatic carbocycles. The van der Waals surface area contributed by atoms with Gasteiger partial charge in [0, 0.05) is 19.7 Å². The first kappa shape index (κ1) is 7.56. The molecule has 0 bridgehead atoms. The van der Waals surface area contributed by atoms with Crippen LogP contribution in [0.15, 0.2) is 0 Å². The smallest absolute Gasteiger partial charge is 0.0465 e. The van der Waals surface area contributed by atoms with Crippen LogP contribution in [0.1, 0.15) is 13.3 Å². The van der Waals surface area contributed by atoms with Gasteiger partial charge in [0.1, 0.15) is 0 Å². The molecule has 2 unspecified atom stereocenters. The molecule has 1 saturated carbocycles. The van der Waals surface area contributed by atoms with Crippen LogP contribution in [-0.2, 0) is 0 Å². The number of aliphatic hydroxyl groups is 1. The van der Waals surface area contributed by atoms with Crippen molar-refractivity contribution in [2.45, 2.75) is 13.3 Å². The molecule has 11 heavy (non-hydrogen) atoms. The molecule has 2 atom stereocenters. The van der Waals surface area contributed by atoms with Crippen molar-refractivity contribution >= 4 is 0 Å². The maximum atomic E-state index is 8.91. The van der Waals surface area contributed by atoms with Crippen LogP contribution in [0.3, 0.4) is 0 Å². The second kappa shape index (κ2) is 2.76. The average Bonchev–Trinajstić information content (AvgIpc) is 2.47. The highest BCUT2D eigenvalue weighted by atomic mass is 16.3. The minimum Gasteiger partial charge on any atom is -0.396 e. The predicted octanol–water partition coefficient (Wildman–Crippen LogP) is 0.567. The van der Waals surface area contributed by atoms with E-state index in [0.29, 0.717) is 12.5 Å². The summed E-state index contributed by atoms with van der Waals surface area (Å²) in [6.45, 7) is 6.42. The number of hydrogen-bond acceptors (Lipinski definition) is 2. The SMILES string of the molecule is CCCN1CC2C(CO)C2C1. The zero-order valence-corrected chi connectivity index (χ0v) is 7.16. The predicted molar refractivity (Wildman–Crippen MR) is 44.3 cm³/mol. The maximum absolute atomic E-state index is 8.91. The van der Waals surface area contributed by atoms with E-state index in [0.717, 1.165) is 11.8 Å². The second-order valence-corrected chi connectivity index (χ2v) is 3.93. The van der Waals surface area contributed by atoms with Gasteiger partial charge in [0.15, 0.2) is 0 Å². The fourth-order valence-electron chi connectivity index (χ4n) is 2.51. The van der Waals surface area contributed by atoms with E-state index in [-0.39, 0.29) is 0 Å². The molecule has 1 heterocycles. The molecular weight excluding hydrogens is 138 g/mol. The van der Waals surface area contributed by atoms with E-state index in [9.17, 15) is 0 Å². The van der Waals surface area contributed by atoms with Crippen molar-refractivity contribution in [1.82, 2.24) is 4.90 Å². The summed E-state index contributed by atoms with van der Waals surface area (Å²) in [7, 11) is 0. The van der Waals surface area contributed by atoms with Crippen molar-refractivity contribution in [3.63, 3.8) is 0 Å². The van der Waals surface area contributed by atoms with Crippen molar-refractivity contribution in [2.24, 2.45) is 17.8 Å². The van der Waals surface area contributed by atoms with Crippen LogP contribution in [0.5, 0.6) is 0 Å². The molecule has 1 saturated heterocycles. The fraction of sp³-hybridized carbons (Fsp3) is 1.00. The van der Waals surface area contributed by atoms with E-state index in [2.05, 4.69) is 11.8 Å². The Balaban J connectivity index is 1.76. The minimum absolute atomic E-state index is 0.426. The number of rotatable bonds is 3. The highest BCUT2D eigenvalue weighted by molar-refractivity contribution is 5.04. The molecule has 64 valence electrons. The minimum atomic E-state index is 0.426. The molecule has 2 heteroatoms. The largest absolute Gasteiger partial charge is 0.396 e. The quantitative estimate of drug-likeness (QED) is 0.644. The Morgan fingerprint density at radius 2 is 2.00 bits per heavy atom. The summed E-state index contributed by atoms with van der Waals surface area (Å²) in [6, 6.07) is 0. The van der Waals surface area contributed by atoms with Crippen molar-refractivity contribution in [2.75, 3.05) is 26.2 Å². The van der Waals surface area contributed by atoms with E-state index in [1.54, 1.807) is 0 Å².